The third-order valence-electron chi connectivity index (χ3n) is 7.54. The minimum Gasteiger partial charge on any atom is -0.352 e. The summed E-state index contributed by atoms with van der Waals surface area (Å²) in [6.07, 6.45) is 0.893. The number of hydrogen-bond donors (Lipinski definition) is 1. The molecule has 0 spiro atoms. The number of carbonyl (C=O) groups excluding carboxylic acids is 2. The Morgan fingerprint density at radius 3 is 2.09 bits per heavy atom. The van der Waals surface area contributed by atoms with Gasteiger partial charge < -0.3 is 10.2 Å². The van der Waals surface area contributed by atoms with E-state index >= 15 is 0 Å². The van der Waals surface area contributed by atoms with Crippen molar-refractivity contribution in [3.8, 4) is 0 Å². The van der Waals surface area contributed by atoms with E-state index in [1.807, 2.05) is 51.1 Å². The molecule has 4 aromatic rings. The first-order valence-corrected chi connectivity index (χ1v) is 16.5. The predicted molar refractivity (Wildman–Crippen MR) is 176 cm³/mol. The van der Waals surface area contributed by atoms with Crippen LogP contribution in [-0.4, -0.2) is 43.8 Å². The molecule has 2 atom stereocenters. The summed E-state index contributed by atoms with van der Waals surface area (Å²) in [5, 5.41) is 3.53. The average Bonchev–Trinajstić information content (AvgIpc) is 3.03. The van der Waals surface area contributed by atoms with Gasteiger partial charge in [-0.3, -0.25) is 13.9 Å². The molecule has 0 heterocycles. The molecule has 1 N–H and O–H groups in total. The van der Waals surface area contributed by atoms with E-state index in [0.29, 0.717) is 17.0 Å². The maximum Gasteiger partial charge on any atom is 0.264 e. The number of rotatable bonds is 13. The second-order valence-corrected chi connectivity index (χ2v) is 13.3. The van der Waals surface area contributed by atoms with Crippen molar-refractivity contribution in [2.45, 2.75) is 57.1 Å². The Balaban J connectivity index is 1.80. The molecule has 10 heteroatoms. The molecular weight excluding hydrogens is 613 g/mol. The summed E-state index contributed by atoms with van der Waals surface area (Å²) in [5.41, 5.74) is 2.71. The van der Waals surface area contributed by atoms with Crippen LogP contribution in [0, 0.1) is 12.7 Å². The van der Waals surface area contributed by atoms with E-state index in [2.05, 4.69) is 5.32 Å². The maximum atomic E-state index is 14.4. The molecule has 0 aromatic heterocycles. The monoisotopic (exact) mass is 649 g/mol. The maximum absolute atomic E-state index is 14.4. The Bertz CT molecular complexity index is 1680. The summed E-state index contributed by atoms with van der Waals surface area (Å²) in [7, 11) is -4.32. The third kappa shape index (κ3) is 8.93. The van der Waals surface area contributed by atoms with Crippen LogP contribution in [0.2, 0.25) is 5.02 Å². The molecular formula is C35H37ClFN3O4S. The number of nitrogens with one attached hydrogen (secondary N) is 1. The lowest BCUT2D eigenvalue weighted by Gasteiger charge is -2.34. The SMILES string of the molecule is CC[C@H](C)NC(=O)[C@H](Cc1ccccc1)N(Cc1ccc(Cl)cc1)C(=O)CN(c1ccc(C)cc1)S(=O)(=O)c1ccc(F)cc1. The molecule has 4 rings (SSSR count). The number of halogens is 2. The van der Waals surface area contributed by atoms with E-state index in [1.54, 1.807) is 48.5 Å². The molecule has 4 aromatic carbocycles. The summed E-state index contributed by atoms with van der Waals surface area (Å²) < 4.78 is 42.7. The second-order valence-electron chi connectivity index (χ2n) is 11.0. The lowest BCUT2D eigenvalue weighted by molar-refractivity contribution is -0.140. The van der Waals surface area contributed by atoms with Crippen LogP contribution in [0.5, 0.6) is 0 Å². The molecule has 0 saturated heterocycles. The molecule has 0 bridgehead atoms. The zero-order valence-electron chi connectivity index (χ0n) is 25.5. The zero-order valence-corrected chi connectivity index (χ0v) is 27.1. The zero-order chi connectivity index (χ0) is 32.6. The number of nitrogens with zero attached hydrogens (tertiary/aromatic N) is 2. The summed E-state index contributed by atoms with van der Waals surface area (Å²) in [6, 6.07) is 26.3. The minimum atomic E-state index is -4.32. The molecule has 0 unspecified atom stereocenters. The number of hydrogen-bond acceptors (Lipinski definition) is 4. The predicted octanol–water partition coefficient (Wildman–Crippen LogP) is 6.54. The number of benzene rings is 4. The smallest absolute Gasteiger partial charge is 0.264 e. The largest absolute Gasteiger partial charge is 0.352 e. The highest BCUT2D eigenvalue weighted by Gasteiger charge is 2.35. The molecule has 0 aliphatic heterocycles. The topological polar surface area (TPSA) is 86.8 Å². The summed E-state index contributed by atoms with van der Waals surface area (Å²) in [4.78, 5) is 29.6. The van der Waals surface area contributed by atoms with E-state index in [9.17, 15) is 22.4 Å². The van der Waals surface area contributed by atoms with Crippen LogP contribution in [0.15, 0.2) is 108 Å². The Morgan fingerprint density at radius 1 is 0.867 bits per heavy atom. The van der Waals surface area contributed by atoms with Crippen LogP contribution < -0.4 is 9.62 Å². The highest BCUT2D eigenvalue weighted by atomic mass is 35.5. The van der Waals surface area contributed by atoms with E-state index in [0.717, 1.165) is 27.6 Å². The second kappa shape index (κ2) is 15.2. The van der Waals surface area contributed by atoms with Gasteiger partial charge >= 0.3 is 0 Å². The molecule has 0 aliphatic rings. The molecule has 45 heavy (non-hydrogen) atoms. The van der Waals surface area contributed by atoms with Crippen LogP contribution in [0.1, 0.15) is 37.0 Å². The van der Waals surface area contributed by atoms with Gasteiger partial charge in [-0.15, -0.1) is 0 Å². The van der Waals surface area contributed by atoms with Crippen LogP contribution in [0.4, 0.5) is 10.1 Å². The highest BCUT2D eigenvalue weighted by Crippen LogP contribution is 2.26. The Morgan fingerprint density at radius 2 is 1.49 bits per heavy atom. The molecule has 0 fully saturated rings. The Labute approximate surface area is 269 Å². The standard InChI is InChI=1S/C35H37ClFN3O4S/c1-4-26(3)38-35(42)33(22-27-8-6-5-7-9-27)39(23-28-12-14-29(36)15-13-28)34(41)24-40(31-18-10-25(2)11-19-31)45(43,44)32-20-16-30(37)17-21-32/h5-21,26,33H,4,22-24H2,1-3H3,(H,38,42)/t26-,33-/m0/s1. The fourth-order valence-electron chi connectivity index (χ4n) is 4.76. The van der Waals surface area contributed by atoms with Crippen LogP contribution in [-0.2, 0) is 32.6 Å². The van der Waals surface area contributed by atoms with Gasteiger partial charge in [0.1, 0.15) is 18.4 Å². The number of aryl methyl sites for hydroxylation is 1. The van der Waals surface area contributed by atoms with Crippen molar-refractivity contribution in [2.75, 3.05) is 10.8 Å². The van der Waals surface area contributed by atoms with Crippen LogP contribution in [0.3, 0.4) is 0 Å². The van der Waals surface area contributed by atoms with Crippen molar-refractivity contribution in [2.24, 2.45) is 0 Å². The first-order chi connectivity index (χ1) is 21.5. The molecule has 7 nitrogen and oxygen atoms in total. The van der Waals surface area contributed by atoms with Gasteiger partial charge in [0.05, 0.1) is 10.6 Å². The number of anilines is 1. The van der Waals surface area contributed by atoms with Crippen LogP contribution in [0.25, 0.3) is 0 Å². The molecule has 0 saturated carbocycles. The van der Waals surface area contributed by atoms with Gasteiger partial charge in [-0.1, -0.05) is 78.7 Å². The van der Waals surface area contributed by atoms with Gasteiger partial charge in [-0.25, -0.2) is 12.8 Å². The van der Waals surface area contributed by atoms with Gasteiger partial charge in [0.25, 0.3) is 10.0 Å². The number of amides is 2. The van der Waals surface area contributed by atoms with E-state index < -0.39 is 34.3 Å². The van der Waals surface area contributed by atoms with Gasteiger partial charge in [0.15, 0.2) is 0 Å². The Hall–Kier alpha value is -4.21. The summed E-state index contributed by atoms with van der Waals surface area (Å²) in [5.74, 6) is -1.52. The molecule has 236 valence electrons. The molecule has 0 radical (unpaired) electrons. The molecule has 2 amide bonds. The van der Waals surface area contributed by atoms with Crippen LogP contribution >= 0.6 is 11.6 Å². The van der Waals surface area contributed by atoms with Crippen molar-refractivity contribution in [1.82, 2.24) is 10.2 Å². The van der Waals surface area contributed by atoms with E-state index in [-0.39, 0.29) is 35.5 Å². The van der Waals surface area contributed by atoms with E-state index in [1.165, 1.54) is 17.0 Å². The normalized spacial score (nSPS) is 12.6. The van der Waals surface area contributed by atoms with Crippen molar-refractivity contribution in [3.63, 3.8) is 0 Å². The fourth-order valence-corrected chi connectivity index (χ4v) is 6.30. The average molecular weight is 650 g/mol. The summed E-state index contributed by atoms with van der Waals surface area (Å²) >= 11 is 6.13. The van der Waals surface area contributed by atoms with Crippen molar-refractivity contribution in [1.29, 1.82) is 0 Å². The lowest BCUT2D eigenvalue weighted by atomic mass is 10.0. The van der Waals surface area contributed by atoms with Gasteiger partial charge in [-0.05, 0) is 79.9 Å². The van der Waals surface area contributed by atoms with Crippen molar-refractivity contribution in [3.05, 3.63) is 131 Å². The van der Waals surface area contributed by atoms with Crippen molar-refractivity contribution < 1.29 is 22.4 Å². The highest BCUT2D eigenvalue weighted by molar-refractivity contribution is 7.92. The summed E-state index contributed by atoms with van der Waals surface area (Å²) in [6.45, 7) is 5.13. The number of sulfonamides is 1. The third-order valence-corrected chi connectivity index (χ3v) is 9.58. The van der Waals surface area contributed by atoms with Gasteiger partial charge in [-0.2, -0.15) is 0 Å². The van der Waals surface area contributed by atoms with Gasteiger partial charge in [0, 0.05) is 24.0 Å². The minimum absolute atomic E-state index is 0.0275. The first-order valence-electron chi connectivity index (χ1n) is 14.7. The fraction of sp³-hybridized carbons (Fsp3) is 0.257. The van der Waals surface area contributed by atoms with Crippen molar-refractivity contribution >= 4 is 39.1 Å². The number of carbonyl (C=O) groups is 2. The first kappa shape index (κ1) is 33.7. The van der Waals surface area contributed by atoms with E-state index in [4.69, 9.17) is 11.6 Å². The quantitative estimate of drug-likeness (QED) is 0.178. The molecule has 0 aliphatic carbocycles. The lowest BCUT2D eigenvalue weighted by Crippen LogP contribution is -2.54. The Kier molecular flexibility index (Phi) is 11.4. The van der Waals surface area contributed by atoms with Gasteiger partial charge in [0.2, 0.25) is 11.8 Å².